The highest BCUT2D eigenvalue weighted by atomic mass is 35.5. The summed E-state index contributed by atoms with van der Waals surface area (Å²) in [7, 11) is 0. The van der Waals surface area contributed by atoms with Gasteiger partial charge < -0.3 is 4.98 Å². The standard InChI is InChI=1S/C8H6ClFN2.ClH/c9-4-7-11-6-3-1-2-5(10)8(6)12-7;/h1-3H,4H2,(H,11,12);1H. The van der Waals surface area contributed by atoms with Crippen molar-refractivity contribution in [2.24, 2.45) is 0 Å². The molecule has 2 rings (SSSR count). The van der Waals surface area contributed by atoms with E-state index in [4.69, 9.17) is 11.6 Å². The molecule has 2 nitrogen and oxygen atoms in total. The number of aromatic nitrogens is 2. The van der Waals surface area contributed by atoms with E-state index >= 15 is 0 Å². The van der Waals surface area contributed by atoms with Gasteiger partial charge in [0, 0.05) is 0 Å². The fourth-order valence-electron chi connectivity index (χ4n) is 1.11. The zero-order chi connectivity index (χ0) is 8.55. The van der Waals surface area contributed by atoms with E-state index in [1.807, 2.05) is 0 Å². The van der Waals surface area contributed by atoms with E-state index in [9.17, 15) is 4.39 Å². The van der Waals surface area contributed by atoms with Crippen molar-refractivity contribution in [1.29, 1.82) is 0 Å². The first-order valence-corrected chi connectivity index (χ1v) is 4.04. The van der Waals surface area contributed by atoms with Crippen molar-refractivity contribution in [2.75, 3.05) is 0 Å². The van der Waals surface area contributed by atoms with E-state index in [1.165, 1.54) is 6.07 Å². The van der Waals surface area contributed by atoms with Gasteiger partial charge in [0.15, 0.2) is 0 Å². The van der Waals surface area contributed by atoms with Crippen LogP contribution in [0.25, 0.3) is 11.0 Å². The van der Waals surface area contributed by atoms with Gasteiger partial charge in [-0.1, -0.05) is 6.07 Å². The molecular formula is C8H7Cl2FN2. The zero-order valence-electron chi connectivity index (χ0n) is 6.55. The molecule has 0 saturated heterocycles. The van der Waals surface area contributed by atoms with E-state index in [1.54, 1.807) is 12.1 Å². The Hall–Kier alpha value is -0.800. The average molecular weight is 221 g/mol. The minimum absolute atomic E-state index is 0. The molecule has 0 aliphatic rings. The SMILES string of the molecule is Cl.Fc1cccc2nc(CCl)[nH]c12. The molecule has 0 aliphatic carbocycles. The lowest BCUT2D eigenvalue weighted by Gasteiger charge is -1.87. The Morgan fingerprint density at radius 1 is 1.46 bits per heavy atom. The van der Waals surface area contributed by atoms with Crippen LogP contribution in [0.15, 0.2) is 18.2 Å². The number of H-pyrrole nitrogens is 1. The fourth-order valence-corrected chi connectivity index (χ4v) is 1.24. The minimum atomic E-state index is -0.295. The molecule has 1 aromatic carbocycles. The largest absolute Gasteiger partial charge is 0.339 e. The first-order valence-electron chi connectivity index (χ1n) is 3.50. The second kappa shape index (κ2) is 3.94. The molecule has 0 saturated carbocycles. The Morgan fingerprint density at radius 3 is 2.85 bits per heavy atom. The summed E-state index contributed by atoms with van der Waals surface area (Å²) >= 11 is 5.53. The van der Waals surface area contributed by atoms with Crippen molar-refractivity contribution in [3.8, 4) is 0 Å². The molecule has 0 radical (unpaired) electrons. The monoisotopic (exact) mass is 220 g/mol. The number of nitrogens with one attached hydrogen (secondary N) is 1. The van der Waals surface area contributed by atoms with Crippen LogP contribution in [-0.4, -0.2) is 9.97 Å². The van der Waals surface area contributed by atoms with Crippen LogP contribution in [0.2, 0.25) is 0 Å². The molecule has 0 atom stereocenters. The summed E-state index contributed by atoms with van der Waals surface area (Å²) in [4.78, 5) is 6.86. The third-order valence-corrected chi connectivity index (χ3v) is 1.90. The number of benzene rings is 1. The molecule has 0 aliphatic heterocycles. The van der Waals surface area contributed by atoms with Crippen LogP contribution < -0.4 is 0 Å². The lowest BCUT2D eigenvalue weighted by atomic mass is 10.3. The van der Waals surface area contributed by atoms with Gasteiger partial charge in [-0.25, -0.2) is 9.37 Å². The number of alkyl halides is 1. The molecule has 0 amide bonds. The Bertz CT molecular complexity index is 413. The Balaban J connectivity index is 0.000000845. The van der Waals surface area contributed by atoms with Crippen LogP contribution >= 0.6 is 24.0 Å². The van der Waals surface area contributed by atoms with E-state index < -0.39 is 0 Å². The first-order chi connectivity index (χ1) is 5.81. The van der Waals surface area contributed by atoms with Crippen LogP contribution in [0.4, 0.5) is 4.39 Å². The van der Waals surface area contributed by atoms with Crippen LogP contribution in [0.1, 0.15) is 5.82 Å². The number of aromatic amines is 1. The normalized spacial score (nSPS) is 10.0. The second-order valence-electron chi connectivity index (χ2n) is 2.45. The molecule has 1 heterocycles. The van der Waals surface area contributed by atoms with Crippen molar-refractivity contribution >= 4 is 35.0 Å². The van der Waals surface area contributed by atoms with Crippen molar-refractivity contribution in [3.63, 3.8) is 0 Å². The van der Waals surface area contributed by atoms with Gasteiger partial charge in [-0.15, -0.1) is 24.0 Å². The number of hydrogen-bond donors (Lipinski definition) is 1. The predicted molar refractivity (Wildman–Crippen MR) is 52.9 cm³/mol. The molecule has 0 bridgehead atoms. The predicted octanol–water partition coefficient (Wildman–Crippen LogP) is 2.86. The van der Waals surface area contributed by atoms with E-state index in [0.717, 1.165) is 0 Å². The second-order valence-corrected chi connectivity index (χ2v) is 2.72. The van der Waals surface area contributed by atoms with E-state index in [-0.39, 0.29) is 24.1 Å². The quantitative estimate of drug-likeness (QED) is 0.737. The van der Waals surface area contributed by atoms with Gasteiger partial charge in [-0.2, -0.15) is 0 Å². The van der Waals surface area contributed by atoms with Gasteiger partial charge in [0.2, 0.25) is 0 Å². The van der Waals surface area contributed by atoms with Gasteiger partial charge in [0.05, 0.1) is 11.4 Å². The van der Waals surface area contributed by atoms with Crippen molar-refractivity contribution in [3.05, 3.63) is 29.8 Å². The summed E-state index contributed by atoms with van der Waals surface area (Å²) in [5.74, 6) is 0.571. The van der Waals surface area contributed by atoms with Gasteiger partial charge in [0.1, 0.15) is 17.2 Å². The molecule has 13 heavy (non-hydrogen) atoms. The smallest absolute Gasteiger partial charge is 0.148 e. The van der Waals surface area contributed by atoms with Gasteiger partial charge in [-0.3, -0.25) is 0 Å². The lowest BCUT2D eigenvalue weighted by Crippen LogP contribution is -1.78. The number of imidazole rings is 1. The highest BCUT2D eigenvalue weighted by Gasteiger charge is 2.04. The summed E-state index contributed by atoms with van der Waals surface area (Å²) in [6.45, 7) is 0. The third-order valence-electron chi connectivity index (χ3n) is 1.64. The molecule has 1 N–H and O–H groups in total. The summed E-state index contributed by atoms with van der Waals surface area (Å²) in [5.41, 5.74) is 1.04. The first kappa shape index (κ1) is 10.3. The van der Waals surface area contributed by atoms with Crippen LogP contribution in [0.5, 0.6) is 0 Å². The van der Waals surface area contributed by atoms with Crippen LogP contribution in [0.3, 0.4) is 0 Å². The number of para-hydroxylation sites is 1. The van der Waals surface area contributed by atoms with Crippen molar-refractivity contribution < 1.29 is 4.39 Å². The number of fused-ring (bicyclic) bond motifs is 1. The summed E-state index contributed by atoms with van der Waals surface area (Å²) in [5, 5.41) is 0. The highest BCUT2D eigenvalue weighted by Crippen LogP contribution is 2.15. The van der Waals surface area contributed by atoms with Crippen LogP contribution in [0, 0.1) is 5.82 Å². The number of halogens is 3. The molecule has 70 valence electrons. The molecule has 1 aromatic heterocycles. The van der Waals surface area contributed by atoms with E-state index in [0.29, 0.717) is 16.9 Å². The maximum Gasteiger partial charge on any atom is 0.148 e. The minimum Gasteiger partial charge on any atom is -0.339 e. The Labute approximate surface area is 85.5 Å². The number of rotatable bonds is 1. The fraction of sp³-hybridized carbons (Fsp3) is 0.125. The average Bonchev–Trinajstić information content (AvgIpc) is 2.49. The summed E-state index contributed by atoms with van der Waals surface area (Å²) in [6.07, 6.45) is 0. The topological polar surface area (TPSA) is 28.7 Å². The van der Waals surface area contributed by atoms with E-state index in [2.05, 4.69) is 9.97 Å². The molecule has 5 heteroatoms. The van der Waals surface area contributed by atoms with Crippen LogP contribution in [-0.2, 0) is 5.88 Å². The maximum absolute atomic E-state index is 13.0. The molecule has 0 spiro atoms. The summed E-state index contributed by atoms with van der Waals surface area (Å²) in [6, 6.07) is 4.75. The summed E-state index contributed by atoms with van der Waals surface area (Å²) < 4.78 is 13.0. The number of nitrogens with zero attached hydrogens (tertiary/aromatic N) is 1. The zero-order valence-corrected chi connectivity index (χ0v) is 8.12. The Morgan fingerprint density at radius 2 is 2.23 bits per heavy atom. The highest BCUT2D eigenvalue weighted by molar-refractivity contribution is 6.16. The van der Waals surface area contributed by atoms with Gasteiger partial charge >= 0.3 is 0 Å². The molecule has 2 aromatic rings. The molecular weight excluding hydrogens is 214 g/mol. The van der Waals surface area contributed by atoms with Crippen molar-refractivity contribution in [2.45, 2.75) is 5.88 Å². The Kier molecular flexibility index (Phi) is 3.12. The third kappa shape index (κ3) is 1.76. The number of hydrogen-bond acceptors (Lipinski definition) is 1. The van der Waals surface area contributed by atoms with Crippen molar-refractivity contribution in [1.82, 2.24) is 9.97 Å². The lowest BCUT2D eigenvalue weighted by molar-refractivity contribution is 0.637. The molecule has 0 fully saturated rings. The van der Waals surface area contributed by atoms with Gasteiger partial charge in [0.25, 0.3) is 0 Å². The molecule has 0 unspecified atom stereocenters. The van der Waals surface area contributed by atoms with Gasteiger partial charge in [-0.05, 0) is 12.1 Å². The maximum atomic E-state index is 13.0.